The summed E-state index contributed by atoms with van der Waals surface area (Å²) < 4.78 is 41.9. The molecule has 1 heterocycles. The zero-order valence-electron chi connectivity index (χ0n) is 11.5. The lowest BCUT2D eigenvalue weighted by atomic mass is 9.93. The van der Waals surface area contributed by atoms with Crippen LogP contribution in [-0.2, 0) is 19.2 Å². The summed E-state index contributed by atoms with van der Waals surface area (Å²) in [5.74, 6) is -3.17. The maximum atomic E-state index is 12.4. The van der Waals surface area contributed by atoms with E-state index in [2.05, 4.69) is 5.32 Å². The predicted molar refractivity (Wildman–Crippen MR) is 63.7 cm³/mol. The van der Waals surface area contributed by atoms with E-state index in [0.29, 0.717) is 6.54 Å². The molecule has 1 N–H and O–H groups in total. The second kappa shape index (κ2) is 5.30. The fourth-order valence-electron chi connectivity index (χ4n) is 2.61. The molecule has 21 heavy (non-hydrogen) atoms. The molecule has 0 spiro atoms. The van der Waals surface area contributed by atoms with Gasteiger partial charge in [0.2, 0.25) is 0 Å². The Kier molecular flexibility index (Phi) is 3.98. The first-order chi connectivity index (χ1) is 9.69. The SMILES string of the molecule is CON(C)C(=O)C1=CC2CNCC2(OC(=O)C(F)(F)F)C1. The van der Waals surface area contributed by atoms with Crippen LogP contribution < -0.4 is 5.32 Å². The van der Waals surface area contributed by atoms with Gasteiger partial charge in [-0.25, -0.2) is 9.86 Å². The van der Waals surface area contributed by atoms with Crippen molar-refractivity contribution in [2.45, 2.75) is 18.2 Å². The second-order valence-electron chi connectivity index (χ2n) is 5.04. The van der Waals surface area contributed by atoms with Crippen molar-refractivity contribution in [1.29, 1.82) is 0 Å². The molecule has 6 nitrogen and oxygen atoms in total. The van der Waals surface area contributed by atoms with E-state index in [-0.39, 0.29) is 18.5 Å². The molecule has 0 aromatic heterocycles. The number of fused-ring (bicyclic) bond motifs is 1. The summed E-state index contributed by atoms with van der Waals surface area (Å²) in [5.41, 5.74) is -1.08. The van der Waals surface area contributed by atoms with Gasteiger partial charge in [0.1, 0.15) is 5.60 Å². The van der Waals surface area contributed by atoms with Gasteiger partial charge in [0.25, 0.3) is 5.91 Å². The van der Waals surface area contributed by atoms with Gasteiger partial charge in [-0.3, -0.25) is 9.63 Å². The third kappa shape index (κ3) is 2.88. The number of nitrogens with zero attached hydrogens (tertiary/aromatic N) is 1. The molecule has 1 aliphatic carbocycles. The van der Waals surface area contributed by atoms with Crippen LogP contribution in [0.15, 0.2) is 11.6 Å². The van der Waals surface area contributed by atoms with Crippen LogP contribution >= 0.6 is 0 Å². The summed E-state index contributed by atoms with van der Waals surface area (Å²) in [6.07, 6.45) is -3.58. The van der Waals surface area contributed by atoms with Gasteiger partial charge >= 0.3 is 12.1 Å². The highest BCUT2D eigenvalue weighted by atomic mass is 19.4. The lowest BCUT2D eigenvalue weighted by Crippen LogP contribution is -2.44. The van der Waals surface area contributed by atoms with Gasteiger partial charge in [-0.15, -0.1) is 0 Å². The van der Waals surface area contributed by atoms with Gasteiger partial charge in [0, 0.05) is 38.0 Å². The lowest BCUT2D eigenvalue weighted by Gasteiger charge is -2.29. The second-order valence-corrected chi connectivity index (χ2v) is 5.04. The Hall–Kier alpha value is -1.61. The summed E-state index contributed by atoms with van der Waals surface area (Å²) in [7, 11) is 2.69. The molecule has 9 heteroatoms. The summed E-state index contributed by atoms with van der Waals surface area (Å²) in [6, 6.07) is 0. The molecule has 0 aromatic rings. The van der Waals surface area contributed by atoms with E-state index < -0.39 is 29.6 Å². The van der Waals surface area contributed by atoms with Gasteiger partial charge in [0.15, 0.2) is 0 Å². The maximum absolute atomic E-state index is 12.4. The summed E-state index contributed by atoms with van der Waals surface area (Å²) in [4.78, 5) is 27.8. The van der Waals surface area contributed by atoms with E-state index in [1.807, 2.05) is 0 Å². The van der Waals surface area contributed by atoms with Crippen LogP contribution in [0.25, 0.3) is 0 Å². The molecule has 0 bridgehead atoms. The van der Waals surface area contributed by atoms with Crippen LogP contribution in [0.1, 0.15) is 6.42 Å². The minimum atomic E-state index is -5.06. The number of amides is 1. The van der Waals surface area contributed by atoms with E-state index in [0.717, 1.165) is 5.06 Å². The summed E-state index contributed by atoms with van der Waals surface area (Å²) in [6.45, 7) is 0.419. The molecule has 2 unspecified atom stereocenters. The van der Waals surface area contributed by atoms with Crippen molar-refractivity contribution in [3.05, 3.63) is 11.6 Å². The lowest BCUT2D eigenvalue weighted by molar-refractivity contribution is -0.214. The molecule has 1 aliphatic heterocycles. The normalized spacial score (nSPS) is 28.0. The fraction of sp³-hybridized carbons (Fsp3) is 0.667. The first kappa shape index (κ1) is 15.8. The smallest absolute Gasteiger partial charge is 0.450 e. The number of ether oxygens (including phenoxy) is 1. The zero-order valence-corrected chi connectivity index (χ0v) is 11.5. The number of carbonyl (C=O) groups is 2. The first-order valence-electron chi connectivity index (χ1n) is 6.23. The first-order valence-corrected chi connectivity index (χ1v) is 6.23. The monoisotopic (exact) mass is 308 g/mol. The molecule has 2 rings (SSSR count). The topological polar surface area (TPSA) is 67.9 Å². The number of alkyl halides is 3. The quantitative estimate of drug-likeness (QED) is 0.604. The number of carbonyl (C=O) groups excluding carboxylic acids is 2. The van der Waals surface area contributed by atoms with Crippen LogP contribution in [-0.4, -0.2) is 56.0 Å². The van der Waals surface area contributed by atoms with Crippen LogP contribution in [0, 0.1) is 5.92 Å². The van der Waals surface area contributed by atoms with Crippen molar-refractivity contribution in [3.8, 4) is 0 Å². The molecule has 2 aliphatic rings. The van der Waals surface area contributed by atoms with E-state index in [9.17, 15) is 22.8 Å². The van der Waals surface area contributed by atoms with Crippen molar-refractivity contribution in [3.63, 3.8) is 0 Å². The molecule has 1 saturated heterocycles. The maximum Gasteiger partial charge on any atom is 0.490 e. The van der Waals surface area contributed by atoms with Crippen LogP contribution in [0.5, 0.6) is 0 Å². The largest absolute Gasteiger partial charge is 0.490 e. The van der Waals surface area contributed by atoms with Gasteiger partial charge in [-0.1, -0.05) is 6.08 Å². The Morgan fingerprint density at radius 1 is 1.48 bits per heavy atom. The third-order valence-corrected chi connectivity index (χ3v) is 3.72. The molecular weight excluding hydrogens is 293 g/mol. The number of likely N-dealkylation sites (N-methyl/N-ethyl adjacent to an activating group) is 1. The van der Waals surface area contributed by atoms with Gasteiger partial charge in [-0.05, 0) is 0 Å². The summed E-state index contributed by atoms with van der Waals surface area (Å²) in [5, 5.41) is 3.85. The van der Waals surface area contributed by atoms with E-state index >= 15 is 0 Å². The highest BCUT2D eigenvalue weighted by Crippen LogP contribution is 2.42. The van der Waals surface area contributed by atoms with Gasteiger partial charge in [-0.2, -0.15) is 13.2 Å². The average molecular weight is 308 g/mol. The zero-order chi connectivity index (χ0) is 15.8. The fourth-order valence-corrected chi connectivity index (χ4v) is 2.61. The number of hydrogen-bond acceptors (Lipinski definition) is 5. The molecule has 118 valence electrons. The third-order valence-electron chi connectivity index (χ3n) is 3.72. The highest BCUT2D eigenvalue weighted by Gasteiger charge is 2.54. The molecule has 0 aromatic carbocycles. The van der Waals surface area contributed by atoms with Crippen molar-refractivity contribution < 1.29 is 32.3 Å². The molecule has 2 atom stereocenters. The Bertz CT molecular complexity index is 491. The van der Waals surface area contributed by atoms with Crippen molar-refractivity contribution >= 4 is 11.9 Å². The Morgan fingerprint density at radius 2 is 2.14 bits per heavy atom. The average Bonchev–Trinajstić information content (AvgIpc) is 2.92. The number of halogens is 3. The van der Waals surface area contributed by atoms with E-state index in [1.165, 1.54) is 14.2 Å². The molecule has 0 saturated carbocycles. The number of rotatable bonds is 3. The van der Waals surface area contributed by atoms with E-state index in [4.69, 9.17) is 9.57 Å². The Morgan fingerprint density at radius 3 is 2.71 bits per heavy atom. The van der Waals surface area contributed by atoms with Crippen LogP contribution in [0.3, 0.4) is 0 Å². The van der Waals surface area contributed by atoms with E-state index in [1.54, 1.807) is 6.08 Å². The standard InChI is InChI=1S/C12H15F3N2O4/c1-17(20-2)9(18)7-3-8-5-16-6-11(8,4-7)21-10(19)12(13,14)15/h3,8,16H,4-6H2,1-2H3. The summed E-state index contributed by atoms with van der Waals surface area (Å²) >= 11 is 0. The van der Waals surface area contributed by atoms with Crippen LogP contribution in [0.2, 0.25) is 0 Å². The Balaban J connectivity index is 2.15. The van der Waals surface area contributed by atoms with Crippen molar-refractivity contribution in [1.82, 2.24) is 10.4 Å². The van der Waals surface area contributed by atoms with Crippen LogP contribution in [0.4, 0.5) is 13.2 Å². The number of esters is 1. The number of nitrogens with one attached hydrogen (secondary N) is 1. The highest BCUT2D eigenvalue weighted by molar-refractivity contribution is 5.93. The predicted octanol–water partition coefficient (Wildman–Crippen LogP) is 0.400. The molecule has 1 fully saturated rings. The number of hydroxylamine groups is 2. The molecule has 1 amide bonds. The minimum Gasteiger partial charge on any atom is -0.450 e. The van der Waals surface area contributed by atoms with Gasteiger partial charge in [0.05, 0.1) is 7.11 Å². The van der Waals surface area contributed by atoms with Crippen molar-refractivity contribution in [2.75, 3.05) is 27.2 Å². The molecule has 0 radical (unpaired) electrons. The van der Waals surface area contributed by atoms with Crippen molar-refractivity contribution in [2.24, 2.45) is 5.92 Å². The Labute approximate surface area is 118 Å². The molecular formula is C12H15F3N2O4. The minimum absolute atomic E-state index is 0.0704. The van der Waals surface area contributed by atoms with Gasteiger partial charge < -0.3 is 10.1 Å². The number of hydrogen-bond donors (Lipinski definition) is 1.